The first kappa shape index (κ1) is 20.2. The average molecular weight is 386 g/mol. The Hall–Kier alpha value is -3.57. The molecule has 0 saturated heterocycles. The fourth-order valence-corrected chi connectivity index (χ4v) is 2.99. The summed E-state index contributed by atoms with van der Waals surface area (Å²) in [4.78, 5) is 4.51. The molecular weight excluding hydrogens is 358 g/mol. The van der Waals surface area contributed by atoms with Crippen LogP contribution in [0, 0.1) is 6.92 Å². The number of nitrogens with two attached hydrogens (primary N) is 2. The molecule has 0 aliphatic heterocycles. The number of aromatic nitrogens is 1. The van der Waals surface area contributed by atoms with Gasteiger partial charge in [0.15, 0.2) is 0 Å². The van der Waals surface area contributed by atoms with Crippen molar-refractivity contribution in [2.24, 2.45) is 5.84 Å². The minimum Gasteiger partial charge on any atom is -0.397 e. The quantitative estimate of drug-likeness (QED) is 0.335. The van der Waals surface area contributed by atoms with Crippen molar-refractivity contribution >= 4 is 17.1 Å². The van der Waals surface area contributed by atoms with E-state index >= 15 is 0 Å². The second-order valence-electron chi connectivity index (χ2n) is 7.07. The van der Waals surface area contributed by atoms with Gasteiger partial charge in [-0.05, 0) is 55.2 Å². The van der Waals surface area contributed by atoms with E-state index in [-0.39, 0.29) is 0 Å². The monoisotopic (exact) mass is 385 g/mol. The summed E-state index contributed by atoms with van der Waals surface area (Å²) >= 11 is 0. The summed E-state index contributed by atoms with van der Waals surface area (Å²) in [7, 11) is 0. The molecule has 0 aliphatic rings. The van der Waals surface area contributed by atoms with Gasteiger partial charge in [-0.25, -0.2) is 0 Å². The largest absolute Gasteiger partial charge is 0.397 e. The summed E-state index contributed by atoms with van der Waals surface area (Å²) in [6.45, 7) is 10.2. The molecule has 0 spiro atoms. The molecule has 1 heterocycles. The van der Waals surface area contributed by atoms with Gasteiger partial charge in [-0.15, -0.1) is 0 Å². The maximum Gasteiger partial charge on any atom is 0.0724 e. The number of benzene rings is 2. The fourth-order valence-electron chi connectivity index (χ4n) is 2.99. The molecule has 0 amide bonds. The van der Waals surface area contributed by atoms with Crippen LogP contribution >= 0.6 is 0 Å². The van der Waals surface area contributed by atoms with E-state index in [1.165, 1.54) is 11.1 Å². The van der Waals surface area contributed by atoms with E-state index < -0.39 is 0 Å². The van der Waals surface area contributed by atoms with Crippen LogP contribution in [-0.2, 0) is 6.42 Å². The predicted octanol–water partition coefficient (Wildman–Crippen LogP) is 4.63. The summed E-state index contributed by atoms with van der Waals surface area (Å²) in [5.41, 5.74) is 16.9. The number of allylic oxidation sites excluding steroid dienone is 1. The zero-order valence-electron chi connectivity index (χ0n) is 16.7. The van der Waals surface area contributed by atoms with E-state index in [1.807, 2.05) is 12.1 Å². The van der Waals surface area contributed by atoms with Crippen molar-refractivity contribution in [1.82, 2.24) is 10.4 Å². The number of rotatable bonds is 8. The molecule has 29 heavy (non-hydrogen) atoms. The molecule has 6 N–H and O–H groups in total. The van der Waals surface area contributed by atoms with Gasteiger partial charge in [0.2, 0.25) is 0 Å². The SMILES string of the molecule is C=C(CCc1ccc(NC(=C)c2ccc(C)cc2)c(-c2ccc(N)cn2)c1)NN. The third kappa shape index (κ3) is 5.24. The molecule has 1 aromatic heterocycles. The van der Waals surface area contributed by atoms with Crippen LogP contribution in [0.2, 0.25) is 0 Å². The highest BCUT2D eigenvalue weighted by molar-refractivity contribution is 5.85. The molecule has 3 rings (SSSR count). The van der Waals surface area contributed by atoms with Gasteiger partial charge in [-0.1, -0.05) is 49.1 Å². The van der Waals surface area contributed by atoms with Crippen LogP contribution in [0.15, 0.2) is 79.6 Å². The number of nitrogens with one attached hydrogen (secondary N) is 2. The van der Waals surface area contributed by atoms with Gasteiger partial charge in [-0.3, -0.25) is 10.8 Å². The van der Waals surface area contributed by atoms with Crippen molar-refractivity contribution in [3.8, 4) is 11.3 Å². The topological polar surface area (TPSA) is 89.0 Å². The van der Waals surface area contributed by atoms with Crippen molar-refractivity contribution in [3.63, 3.8) is 0 Å². The van der Waals surface area contributed by atoms with Crippen LogP contribution in [0.3, 0.4) is 0 Å². The smallest absolute Gasteiger partial charge is 0.0724 e. The Labute approximate surface area is 172 Å². The Kier molecular flexibility index (Phi) is 6.32. The van der Waals surface area contributed by atoms with E-state index in [4.69, 9.17) is 11.6 Å². The highest BCUT2D eigenvalue weighted by Gasteiger charge is 2.10. The Morgan fingerprint density at radius 1 is 1.03 bits per heavy atom. The Bertz CT molecular complexity index is 1000. The molecule has 2 aromatic carbocycles. The number of aryl methyl sites for hydroxylation is 2. The van der Waals surface area contributed by atoms with Gasteiger partial charge in [0.1, 0.15) is 0 Å². The Balaban J connectivity index is 1.92. The lowest BCUT2D eigenvalue weighted by molar-refractivity contribution is 0.792. The highest BCUT2D eigenvalue weighted by atomic mass is 15.2. The minimum atomic E-state index is 0.633. The van der Waals surface area contributed by atoms with Gasteiger partial charge in [0, 0.05) is 22.6 Å². The fraction of sp³-hybridized carbons (Fsp3) is 0.125. The molecule has 3 aromatic rings. The van der Waals surface area contributed by atoms with Crippen molar-refractivity contribution < 1.29 is 0 Å². The van der Waals surface area contributed by atoms with Crippen molar-refractivity contribution in [2.75, 3.05) is 11.1 Å². The first-order chi connectivity index (χ1) is 14.0. The highest BCUT2D eigenvalue weighted by Crippen LogP contribution is 2.31. The summed E-state index contributed by atoms with van der Waals surface area (Å²) in [6.07, 6.45) is 3.25. The van der Waals surface area contributed by atoms with Crippen molar-refractivity contribution in [2.45, 2.75) is 19.8 Å². The maximum atomic E-state index is 5.82. The second kappa shape index (κ2) is 9.08. The number of nitrogen functional groups attached to an aromatic ring is 1. The minimum absolute atomic E-state index is 0.633. The van der Waals surface area contributed by atoms with E-state index in [0.717, 1.165) is 46.7 Å². The van der Waals surface area contributed by atoms with E-state index in [2.05, 4.69) is 78.3 Å². The predicted molar refractivity (Wildman–Crippen MR) is 123 cm³/mol. The number of hydrogen-bond acceptors (Lipinski definition) is 5. The molecule has 0 saturated carbocycles. The first-order valence-electron chi connectivity index (χ1n) is 9.48. The molecule has 5 heteroatoms. The number of nitrogens with zero attached hydrogens (tertiary/aromatic N) is 1. The molecule has 148 valence electrons. The van der Waals surface area contributed by atoms with Gasteiger partial charge >= 0.3 is 0 Å². The standard InChI is InChI=1S/C24H27N5/c1-16-4-9-20(10-5-16)18(3)28-24-12-8-19(7-6-17(2)29-26)14-22(24)23-13-11-21(25)15-27-23/h4-5,8-15,28-29H,2-3,6-7,25-26H2,1H3. The number of pyridine rings is 1. The number of anilines is 2. The lowest BCUT2D eigenvalue weighted by Gasteiger charge is -2.16. The maximum absolute atomic E-state index is 5.82. The van der Waals surface area contributed by atoms with Gasteiger partial charge in [0.25, 0.3) is 0 Å². The molecule has 0 atom stereocenters. The molecule has 0 unspecified atom stereocenters. The lowest BCUT2D eigenvalue weighted by atomic mass is 10.0. The first-order valence-corrected chi connectivity index (χ1v) is 9.48. The van der Waals surface area contributed by atoms with E-state index in [9.17, 15) is 0 Å². The summed E-state index contributed by atoms with van der Waals surface area (Å²) < 4.78 is 0. The Morgan fingerprint density at radius 2 is 1.79 bits per heavy atom. The third-order valence-corrected chi connectivity index (χ3v) is 4.75. The molecule has 5 nitrogen and oxygen atoms in total. The van der Waals surface area contributed by atoms with Crippen LogP contribution in [0.1, 0.15) is 23.1 Å². The normalized spacial score (nSPS) is 10.4. The van der Waals surface area contributed by atoms with Gasteiger partial charge in [0.05, 0.1) is 17.6 Å². The van der Waals surface area contributed by atoms with E-state index in [0.29, 0.717) is 5.69 Å². The average Bonchev–Trinajstić information content (AvgIpc) is 2.73. The van der Waals surface area contributed by atoms with Crippen LogP contribution in [0.4, 0.5) is 11.4 Å². The van der Waals surface area contributed by atoms with Gasteiger partial charge in [-0.2, -0.15) is 0 Å². The summed E-state index contributed by atoms with van der Waals surface area (Å²) in [6, 6.07) is 18.3. The lowest BCUT2D eigenvalue weighted by Crippen LogP contribution is -2.20. The number of hydrazine groups is 1. The van der Waals surface area contributed by atoms with Crippen LogP contribution < -0.4 is 22.3 Å². The summed E-state index contributed by atoms with van der Waals surface area (Å²) in [5.74, 6) is 5.42. The van der Waals surface area contributed by atoms with Crippen LogP contribution in [-0.4, -0.2) is 4.98 Å². The zero-order valence-corrected chi connectivity index (χ0v) is 16.7. The molecule has 0 fully saturated rings. The van der Waals surface area contributed by atoms with Gasteiger partial charge < -0.3 is 16.5 Å². The summed E-state index contributed by atoms with van der Waals surface area (Å²) in [5, 5.41) is 3.45. The molecule has 0 aliphatic carbocycles. The van der Waals surface area contributed by atoms with Crippen molar-refractivity contribution in [3.05, 3.63) is 96.3 Å². The third-order valence-electron chi connectivity index (χ3n) is 4.75. The number of hydrogen-bond donors (Lipinski definition) is 4. The van der Waals surface area contributed by atoms with E-state index in [1.54, 1.807) is 6.20 Å². The van der Waals surface area contributed by atoms with Crippen LogP contribution in [0.25, 0.3) is 17.0 Å². The Morgan fingerprint density at radius 3 is 2.45 bits per heavy atom. The second-order valence-corrected chi connectivity index (χ2v) is 7.07. The van der Waals surface area contributed by atoms with Crippen LogP contribution in [0.5, 0.6) is 0 Å². The zero-order chi connectivity index (χ0) is 20.8. The molecular formula is C24H27N5. The molecule has 0 bridgehead atoms. The van der Waals surface area contributed by atoms with Crippen molar-refractivity contribution in [1.29, 1.82) is 0 Å². The molecule has 0 radical (unpaired) electrons.